The number of hydrogen-bond donors (Lipinski definition) is 2. The van der Waals surface area contributed by atoms with Crippen LogP contribution in [-0.2, 0) is 6.54 Å². The van der Waals surface area contributed by atoms with Gasteiger partial charge in [-0.3, -0.25) is 19.8 Å². The van der Waals surface area contributed by atoms with E-state index in [9.17, 15) is 13.6 Å². The number of aromatic amines is 1. The monoisotopic (exact) mass is 517 g/mol. The first kappa shape index (κ1) is 24.4. The molecule has 5 heterocycles. The van der Waals surface area contributed by atoms with Crippen molar-refractivity contribution in [1.29, 1.82) is 0 Å². The van der Waals surface area contributed by atoms with Gasteiger partial charge < -0.3 is 10.2 Å². The molecule has 1 amide bonds. The van der Waals surface area contributed by atoms with Crippen LogP contribution < -0.4 is 10.2 Å². The van der Waals surface area contributed by atoms with Crippen molar-refractivity contribution in [3.05, 3.63) is 66.2 Å². The van der Waals surface area contributed by atoms with Gasteiger partial charge in [-0.05, 0) is 67.2 Å². The third-order valence-electron chi connectivity index (χ3n) is 7.36. The van der Waals surface area contributed by atoms with Crippen LogP contribution in [0.3, 0.4) is 0 Å². The average molecular weight is 518 g/mol. The minimum Gasteiger partial charge on any atom is -0.344 e. The summed E-state index contributed by atoms with van der Waals surface area (Å²) in [5.41, 5.74) is 4.54. The van der Waals surface area contributed by atoms with Gasteiger partial charge in [0, 0.05) is 47.8 Å². The van der Waals surface area contributed by atoms with Gasteiger partial charge in [0.2, 0.25) is 0 Å². The highest BCUT2D eigenvalue weighted by Gasteiger charge is 2.44. The number of piperidine rings is 1. The van der Waals surface area contributed by atoms with Gasteiger partial charge in [0.1, 0.15) is 5.82 Å². The summed E-state index contributed by atoms with van der Waals surface area (Å²) >= 11 is 0. The van der Waals surface area contributed by atoms with Crippen molar-refractivity contribution >= 4 is 28.3 Å². The molecule has 0 spiro atoms. The summed E-state index contributed by atoms with van der Waals surface area (Å²) in [4.78, 5) is 25.7. The number of pyridine rings is 2. The van der Waals surface area contributed by atoms with E-state index in [-0.39, 0.29) is 18.8 Å². The lowest BCUT2D eigenvalue weighted by atomic mass is 9.98. The summed E-state index contributed by atoms with van der Waals surface area (Å²) < 4.78 is 26.5. The number of carbonyl (C=O) groups is 1. The Bertz CT molecular complexity index is 1470. The van der Waals surface area contributed by atoms with Gasteiger partial charge in [-0.1, -0.05) is 13.0 Å². The Morgan fingerprint density at radius 1 is 1.11 bits per heavy atom. The van der Waals surface area contributed by atoms with Gasteiger partial charge in [0.15, 0.2) is 5.69 Å². The first-order valence-electron chi connectivity index (χ1n) is 12.9. The maximum absolute atomic E-state index is 13.3. The number of nitrogens with one attached hydrogen (secondary N) is 2. The van der Waals surface area contributed by atoms with Crippen molar-refractivity contribution in [3.8, 4) is 11.1 Å². The molecule has 38 heavy (non-hydrogen) atoms. The highest BCUT2D eigenvalue weighted by Crippen LogP contribution is 2.32. The number of halogens is 2. The topological polar surface area (TPSA) is 90.0 Å². The van der Waals surface area contributed by atoms with Crippen molar-refractivity contribution in [2.24, 2.45) is 5.92 Å². The van der Waals surface area contributed by atoms with E-state index < -0.39 is 11.8 Å². The molecule has 0 saturated carbocycles. The Balaban J connectivity index is 1.20. The summed E-state index contributed by atoms with van der Waals surface area (Å²) in [7, 11) is 0. The number of benzene rings is 1. The molecule has 2 fully saturated rings. The Hall–Kier alpha value is -3.92. The Labute approximate surface area is 219 Å². The van der Waals surface area contributed by atoms with Crippen LogP contribution in [-0.4, -0.2) is 63.1 Å². The zero-order valence-corrected chi connectivity index (χ0v) is 21.1. The quantitative estimate of drug-likeness (QED) is 0.376. The summed E-state index contributed by atoms with van der Waals surface area (Å²) in [5.74, 6) is -1.91. The second-order valence-corrected chi connectivity index (χ2v) is 10.4. The Morgan fingerprint density at radius 2 is 1.92 bits per heavy atom. The number of alkyl halides is 2. The standard InChI is InChI=1S/C28H29F2N7O/c1-18-5-8-36(9-6-18)15-19-10-21(14-31-13-19)20-2-3-24-23(11-20)26(35-34-24)27(38)33-22-4-7-32-25(12-22)37-16-28(29,30)17-37/h2-4,7,10-14,18H,5-6,8-9,15-17H2,1H3,(H,34,35)(H,32,33,38). The molecule has 2 saturated heterocycles. The minimum absolute atomic E-state index is 0.252. The largest absolute Gasteiger partial charge is 0.344 e. The second kappa shape index (κ2) is 9.75. The number of anilines is 2. The third kappa shape index (κ3) is 5.08. The first-order valence-corrected chi connectivity index (χ1v) is 12.9. The van der Waals surface area contributed by atoms with Crippen LogP contribution >= 0.6 is 0 Å². The van der Waals surface area contributed by atoms with Crippen LogP contribution in [0.5, 0.6) is 0 Å². The summed E-state index contributed by atoms with van der Waals surface area (Å²) in [6.45, 7) is 4.64. The van der Waals surface area contributed by atoms with E-state index >= 15 is 0 Å². The van der Waals surface area contributed by atoms with Gasteiger partial charge in [0.25, 0.3) is 11.8 Å². The number of likely N-dealkylation sites (tertiary alicyclic amines) is 1. The van der Waals surface area contributed by atoms with E-state index in [0.717, 1.165) is 47.8 Å². The number of aromatic nitrogens is 4. The number of hydrogen-bond acceptors (Lipinski definition) is 6. The van der Waals surface area contributed by atoms with Crippen LogP contribution in [0.1, 0.15) is 35.8 Å². The van der Waals surface area contributed by atoms with Crippen molar-refractivity contribution < 1.29 is 13.6 Å². The summed E-state index contributed by atoms with van der Waals surface area (Å²) in [6.07, 6.45) is 7.70. The highest BCUT2D eigenvalue weighted by atomic mass is 19.3. The smallest absolute Gasteiger partial charge is 0.282 e. The molecule has 10 heteroatoms. The van der Waals surface area contributed by atoms with E-state index in [1.165, 1.54) is 23.9 Å². The van der Waals surface area contributed by atoms with E-state index in [1.807, 2.05) is 30.6 Å². The van der Waals surface area contributed by atoms with Gasteiger partial charge in [-0.25, -0.2) is 13.8 Å². The minimum atomic E-state index is -2.70. The molecule has 0 atom stereocenters. The molecule has 0 unspecified atom stereocenters. The molecule has 2 N–H and O–H groups in total. The molecular formula is C28H29F2N7O. The molecule has 0 aliphatic carbocycles. The lowest BCUT2D eigenvalue weighted by molar-refractivity contribution is -0.0267. The van der Waals surface area contributed by atoms with Crippen molar-refractivity contribution in [2.75, 3.05) is 36.4 Å². The van der Waals surface area contributed by atoms with E-state index in [4.69, 9.17) is 0 Å². The van der Waals surface area contributed by atoms with Crippen LogP contribution in [0.2, 0.25) is 0 Å². The van der Waals surface area contributed by atoms with Crippen molar-refractivity contribution in [1.82, 2.24) is 25.1 Å². The van der Waals surface area contributed by atoms with Gasteiger partial charge in [-0.15, -0.1) is 0 Å². The Morgan fingerprint density at radius 3 is 2.71 bits per heavy atom. The predicted molar refractivity (Wildman–Crippen MR) is 142 cm³/mol. The molecule has 8 nitrogen and oxygen atoms in total. The van der Waals surface area contributed by atoms with Crippen LogP contribution in [0.25, 0.3) is 22.0 Å². The maximum Gasteiger partial charge on any atom is 0.282 e. The number of H-pyrrole nitrogens is 1. The fourth-order valence-corrected chi connectivity index (χ4v) is 5.11. The molecule has 2 aliphatic rings. The zero-order valence-electron chi connectivity index (χ0n) is 21.1. The van der Waals surface area contributed by atoms with E-state index in [0.29, 0.717) is 16.9 Å². The molecule has 1 aromatic carbocycles. The molecule has 2 aliphatic heterocycles. The lowest BCUT2D eigenvalue weighted by Crippen LogP contribution is -2.56. The van der Waals surface area contributed by atoms with Gasteiger partial charge in [-0.2, -0.15) is 5.10 Å². The van der Waals surface area contributed by atoms with Crippen LogP contribution in [0.4, 0.5) is 20.3 Å². The highest BCUT2D eigenvalue weighted by molar-refractivity contribution is 6.11. The van der Waals surface area contributed by atoms with Crippen LogP contribution in [0, 0.1) is 5.92 Å². The fraction of sp³-hybridized carbons (Fsp3) is 0.357. The normalized spacial score (nSPS) is 17.9. The molecule has 0 radical (unpaired) electrons. The number of fused-ring (bicyclic) bond motifs is 1. The summed E-state index contributed by atoms with van der Waals surface area (Å²) in [5, 5.41) is 10.7. The number of nitrogens with zero attached hydrogens (tertiary/aromatic N) is 5. The number of rotatable bonds is 6. The molecule has 196 valence electrons. The average Bonchev–Trinajstić information content (AvgIpc) is 3.32. The number of amides is 1. The molecule has 6 rings (SSSR count). The van der Waals surface area contributed by atoms with E-state index in [1.54, 1.807) is 12.1 Å². The van der Waals surface area contributed by atoms with Gasteiger partial charge >= 0.3 is 0 Å². The summed E-state index contributed by atoms with van der Waals surface area (Å²) in [6, 6.07) is 11.2. The van der Waals surface area contributed by atoms with Gasteiger partial charge in [0.05, 0.1) is 18.6 Å². The third-order valence-corrected chi connectivity index (χ3v) is 7.36. The Kier molecular flexibility index (Phi) is 6.27. The maximum atomic E-state index is 13.3. The molecule has 0 bridgehead atoms. The number of carbonyl (C=O) groups excluding carboxylic acids is 1. The molecule has 4 aromatic rings. The zero-order chi connectivity index (χ0) is 26.3. The van der Waals surface area contributed by atoms with Crippen LogP contribution in [0.15, 0.2) is 55.0 Å². The molecular weight excluding hydrogens is 488 g/mol. The lowest BCUT2D eigenvalue weighted by Gasteiger charge is -2.39. The van der Waals surface area contributed by atoms with E-state index in [2.05, 4.69) is 43.4 Å². The molecule has 3 aromatic heterocycles. The van der Waals surface area contributed by atoms with Crippen molar-refractivity contribution in [3.63, 3.8) is 0 Å². The fourth-order valence-electron chi connectivity index (χ4n) is 5.11. The second-order valence-electron chi connectivity index (χ2n) is 10.4. The SMILES string of the molecule is CC1CCN(Cc2cncc(-c3ccc4[nH]nc(C(=O)Nc5ccnc(N6CC(F)(F)C6)c5)c4c3)c2)CC1. The first-order chi connectivity index (χ1) is 18.3. The predicted octanol–water partition coefficient (Wildman–Crippen LogP) is 4.96. The van der Waals surface area contributed by atoms with Crippen molar-refractivity contribution in [2.45, 2.75) is 32.2 Å².